The number of ether oxygens (including phenoxy) is 2. The molecule has 1 aromatic heterocycles. The van der Waals surface area contributed by atoms with E-state index in [1.165, 1.54) is 0 Å². The minimum atomic E-state index is 0.140. The molecule has 2 rings (SSSR count). The number of pyridine rings is 1. The van der Waals surface area contributed by atoms with Crippen LogP contribution in [0.4, 0.5) is 0 Å². The van der Waals surface area contributed by atoms with Gasteiger partial charge in [-0.2, -0.15) is 0 Å². The van der Waals surface area contributed by atoms with E-state index in [9.17, 15) is 0 Å². The number of nitrogens with zero attached hydrogens (tertiary/aromatic N) is 1. The molecular weight excluding hydrogens is 192 g/mol. The van der Waals surface area contributed by atoms with Gasteiger partial charge in [0, 0.05) is 18.7 Å². The number of aromatic nitrogens is 1. The third-order valence-corrected chi connectivity index (χ3v) is 2.67. The Bertz CT molecular complexity index is 335. The van der Waals surface area contributed by atoms with Crippen molar-refractivity contribution in [3.8, 4) is 5.75 Å². The summed E-state index contributed by atoms with van der Waals surface area (Å²) in [6.45, 7) is 1.29. The molecule has 82 valence electrons. The first-order valence-electron chi connectivity index (χ1n) is 5.19. The normalized spacial score (nSPS) is 20.5. The van der Waals surface area contributed by atoms with E-state index in [4.69, 9.17) is 15.2 Å². The van der Waals surface area contributed by atoms with Crippen LogP contribution in [-0.4, -0.2) is 18.7 Å². The van der Waals surface area contributed by atoms with E-state index in [-0.39, 0.29) is 6.10 Å². The molecule has 1 aromatic rings. The highest BCUT2D eigenvalue weighted by Gasteiger charge is 2.19. The average molecular weight is 208 g/mol. The molecule has 15 heavy (non-hydrogen) atoms. The molecule has 1 aliphatic heterocycles. The smallest absolute Gasteiger partial charge is 0.141 e. The molecule has 0 amide bonds. The third kappa shape index (κ3) is 2.11. The van der Waals surface area contributed by atoms with Gasteiger partial charge in [0.1, 0.15) is 5.75 Å². The predicted octanol–water partition coefficient (Wildman–Crippen LogP) is 1.40. The quantitative estimate of drug-likeness (QED) is 0.815. The van der Waals surface area contributed by atoms with Crippen molar-refractivity contribution in [1.82, 2.24) is 4.98 Å². The summed E-state index contributed by atoms with van der Waals surface area (Å²) in [5.41, 5.74) is 7.60. The Balaban J connectivity index is 2.25. The van der Waals surface area contributed by atoms with Crippen molar-refractivity contribution in [2.24, 2.45) is 5.73 Å². The van der Waals surface area contributed by atoms with E-state index >= 15 is 0 Å². The Morgan fingerprint density at radius 2 is 2.53 bits per heavy atom. The zero-order valence-corrected chi connectivity index (χ0v) is 8.90. The Labute approximate surface area is 89.4 Å². The lowest BCUT2D eigenvalue weighted by atomic mass is 10.1. The molecule has 0 radical (unpaired) electrons. The zero-order valence-electron chi connectivity index (χ0n) is 8.90. The van der Waals surface area contributed by atoms with E-state index in [0.717, 1.165) is 36.5 Å². The predicted molar refractivity (Wildman–Crippen MR) is 56.6 cm³/mol. The summed E-state index contributed by atoms with van der Waals surface area (Å²) < 4.78 is 10.7. The number of methoxy groups -OCH3 is 1. The fraction of sp³-hybridized carbons (Fsp3) is 0.545. The number of rotatable bonds is 3. The second-order valence-corrected chi connectivity index (χ2v) is 3.63. The van der Waals surface area contributed by atoms with E-state index in [2.05, 4.69) is 4.98 Å². The van der Waals surface area contributed by atoms with Gasteiger partial charge in [-0.05, 0) is 18.9 Å². The van der Waals surface area contributed by atoms with Gasteiger partial charge in [0.2, 0.25) is 0 Å². The molecule has 0 aliphatic carbocycles. The topological polar surface area (TPSA) is 57.4 Å². The molecule has 0 aromatic carbocycles. The van der Waals surface area contributed by atoms with Crippen LogP contribution in [0, 0.1) is 0 Å². The highest BCUT2D eigenvalue weighted by Crippen LogP contribution is 2.29. The average Bonchev–Trinajstić information content (AvgIpc) is 2.81. The van der Waals surface area contributed by atoms with Gasteiger partial charge in [-0.15, -0.1) is 0 Å². The van der Waals surface area contributed by atoms with Crippen LogP contribution in [0.5, 0.6) is 5.75 Å². The van der Waals surface area contributed by atoms with Gasteiger partial charge in [0.15, 0.2) is 0 Å². The van der Waals surface area contributed by atoms with Crippen LogP contribution in [0.1, 0.15) is 30.2 Å². The SMILES string of the molecule is COc1cnc(C2CCCO2)cc1CN. The maximum atomic E-state index is 5.65. The highest BCUT2D eigenvalue weighted by atomic mass is 16.5. The lowest BCUT2D eigenvalue weighted by Gasteiger charge is -2.12. The van der Waals surface area contributed by atoms with Gasteiger partial charge in [0.05, 0.1) is 25.1 Å². The summed E-state index contributed by atoms with van der Waals surface area (Å²) in [4.78, 5) is 4.33. The molecule has 1 aliphatic rings. The van der Waals surface area contributed by atoms with Crippen molar-refractivity contribution >= 4 is 0 Å². The van der Waals surface area contributed by atoms with E-state index < -0.39 is 0 Å². The van der Waals surface area contributed by atoms with Gasteiger partial charge >= 0.3 is 0 Å². The van der Waals surface area contributed by atoms with E-state index in [1.54, 1.807) is 13.3 Å². The van der Waals surface area contributed by atoms with Crippen molar-refractivity contribution in [2.75, 3.05) is 13.7 Å². The van der Waals surface area contributed by atoms with Gasteiger partial charge in [-0.3, -0.25) is 4.98 Å². The van der Waals surface area contributed by atoms with Crippen LogP contribution in [0.15, 0.2) is 12.3 Å². The Morgan fingerprint density at radius 3 is 3.13 bits per heavy atom. The van der Waals surface area contributed by atoms with Crippen LogP contribution in [-0.2, 0) is 11.3 Å². The number of hydrogen-bond donors (Lipinski definition) is 1. The monoisotopic (exact) mass is 208 g/mol. The minimum absolute atomic E-state index is 0.140. The van der Waals surface area contributed by atoms with Crippen LogP contribution in [0.25, 0.3) is 0 Å². The van der Waals surface area contributed by atoms with Crippen LogP contribution in [0.3, 0.4) is 0 Å². The maximum absolute atomic E-state index is 5.65. The molecule has 1 fully saturated rings. The van der Waals surface area contributed by atoms with Crippen molar-refractivity contribution in [2.45, 2.75) is 25.5 Å². The minimum Gasteiger partial charge on any atom is -0.495 e. The number of hydrogen-bond acceptors (Lipinski definition) is 4. The van der Waals surface area contributed by atoms with Gasteiger partial charge in [-0.25, -0.2) is 0 Å². The fourth-order valence-corrected chi connectivity index (χ4v) is 1.83. The summed E-state index contributed by atoms with van der Waals surface area (Å²) in [5.74, 6) is 0.749. The van der Waals surface area contributed by atoms with E-state index in [0.29, 0.717) is 6.54 Å². The fourth-order valence-electron chi connectivity index (χ4n) is 1.83. The summed E-state index contributed by atoms with van der Waals surface area (Å²) in [7, 11) is 1.63. The summed E-state index contributed by atoms with van der Waals surface area (Å²) in [6, 6.07) is 1.98. The van der Waals surface area contributed by atoms with Gasteiger partial charge in [0.25, 0.3) is 0 Å². The molecule has 0 spiro atoms. The van der Waals surface area contributed by atoms with Gasteiger partial charge < -0.3 is 15.2 Å². The maximum Gasteiger partial charge on any atom is 0.141 e. The lowest BCUT2D eigenvalue weighted by Crippen LogP contribution is -2.05. The molecule has 1 atom stereocenters. The third-order valence-electron chi connectivity index (χ3n) is 2.67. The van der Waals surface area contributed by atoms with Crippen LogP contribution >= 0.6 is 0 Å². The Hall–Kier alpha value is -1.13. The lowest BCUT2D eigenvalue weighted by molar-refractivity contribution is 0.108. The molecule has 1 saturated heterocycles. The van der Waals surface area contributed by atoms with Crippen LogP contribution in [0.2, 0.25) is 0 Å². The Kier molecular flexibility index (Phi) is 3.18. The van der Waals surface area contributed by atoms with Crippen molar-refractivity contribution in [1.29, 1.82) is 0 Å². The molecule has 2 N–H and O–H groups in total. The summed E-state index contributed by atoms with van der Waals surface area (Å²) >= 11 is 0. The molecule has 1 unspecified atom stereocenters. The first kappa shape index (κ1) is 10.4. The molecule has 0 bridgehead atoms. The second kappa shape index (κ2) is 4.59. The summed E-state index contributed by atoms with van der Waals surface area (Å²) in [6.07, 6.45) is 4.01. The summed E-state index contributed by atoms with van der Waals surface area (Å²) in [5, 5.41) is 0. The largest absolute Gasteiger partial charge is 0.495 e. The molecule has 4 heteroatoms. The Morgan fingerprint density at radius 1 is 1.67 bits per heavy atom. The van der Waals surface area contributed by atoms with Gasteiger partial charge in [-0.1, -0.05) is 0 Å². The second-order valence-electron chi connectivity index (χ2n) is 3.63. The van der Waals surface area contributed by atoms with E-state index in [1.807, 2.05) is 6.07 Å². The molecule has 2 heterocycles. The van der Waals surface area contributed by atoms with Crippen molar-refractivity contribution in [3.63, 3.8) is 0 Å². The van der Waals surface area contributed by atoms with Crippen molar-refractivity contribution < 1.29 is 9.47 Å². The first-order chi connectivity index (χ1) is 7.35. The molecule has 0 saturated carbocycles. The van der Waals surface area contributed by atoms with Crippen molar-refractivity contribution in [3.05, 3.63) is 23.5 Å². The van der Waals surface area contributed by atoms with Crippen LogP contribution < -0.4 is 10.5 Å². The first-order valence-corrected chi connectivity index (χ1v) is 5.19. The molecule has 4 nitrogen and oxygen atoms in total. The highest BCUT2D eigenvalue weighted by molar-refractivity contribution is 5.33. The zero-order chi connectivity index (χ0) is 10.7. The number of nitrogens with two attached hydrogens (primary N) is 1. The molecular formula is C11H16N2O2. The standard InChI is InChI=1S/C11H16N2O2/c1-14-11-7-13-9(5-8(11)6-12)10-3-2-4-15-10/h5,7,10H,2-4,6,12H2,1H3.